The summed E-state index contributed by atoms with van der Waals surface area (Å²) in [6, 6.07) is 19.7. The van der Waals surface area contributed by atoms with Crippen LogP contribution in [0.25, 0.3) is 10.1 Å². The molecule has 0 saturated carbocycles. The molecule has 0 aliphatic carbocycles. The summed E-state index contributed by atoms with van der Waals surface area (Å²) in [7, 11) is 0. The zero-order valence-corrected chi connectivity index (χ0v) is 13.2. The van der Waals surface area contributed by atoms with Gasteiger partial charge in [-0.2, -0.15) is 0 Å². The van der Waals surface area contributed by atoms with E-state index in [4.69, 9.17) is 0 Å². The fourth-order valence-corrected chi connectivity index (χ4v) is 3.78. The highest BCUT2D eigenvalue weighted by Gasteiger charge is 2.09. The molecule has 0 saturated heterocycles. The first-order chi connectivity index (χ1) is 9.76. The standard InChI is InChI=1S/C17H17NS2/c1-12(18-14-7-5-8-15(11-14)19-2)17-10-13-6-3-4-9-16(13)20-17/h3-12,18H,1-2H3. The number of benzene rings is 2. The van der Waals surface area contributed by atoms with Crippen molar-refractivity contribution in [3.63, 3.8) is 0 Å². The average molecular weight is 299 g/mol. The predicted molar refractivity (Wildman–Crippen MR) is 92.1 cm³/mol. The fourth-order valence-electron chi connectivity index (χ4n) is 2.25. The zero-order chi connectivity index (χ0) is 13.9. The van der Waals surface area contributed by atoms with Gasteiger partial charge in [0.1, 0.15) is 0 Å². The molecule has 1 aromatic heterocycles. The van der Waals surface area contributed by atoms with Gasteiger partial charge in [-0.3, -0.25) is 0 Å². The topological polar surface area (TPSA) is 12.0 Å². The monoisotopic (exact) mass is 299 g/mol. The van der Waals surface area contributed by atoms with Gasteiger partial charge in [0, 0.05) is 20.2 Å². The summed E-state index contributed by atoms with van der Waals surface area (Å²) in [5.41, 5.74) is 1.18. The van der Waals surface area contributed by atoms with Crippen LogP contribution in [0.1, 0.15) is 17.8 Å². The van der Waals surface area contributed by atoms with Gasteiger partial charge in [-0.25, -0.2) is 0 Å². The molecule has 0 aliphatic rings. The quantitative estimate of drug-likeness (QED) is 0.611. The number of rotatable bonds is 4. The molecule has 0 fully saturated rings. The van der Waals surface area contributed by atoms with E-state index in [9.17, 15) is 0 Å². The van der Waals surface area contributed by atoms with Crippen LogP contribution in [-0.4, -0.2) is 6.26 Å². The van der Waals surface area contributed by atoms with Crippen LogP contribution < -0.4 is 5.32 Å². The lowest BCUT2D eigenvalue weighted by atomic mass is 10.2. The Hall–Kier alpha value is -1.45. The van der Waals surface area contributed by atoms with E-state index in [0.29, 0.717) is 6.04 Å². The molecule has 20 heavy (non-hydrogen) atoms. The fraction of sp³-hybridized carbons (Fsp3) is 0.176. The maximum Gasteiger partial charge on any atom is 0.0578 e. The molecular formula is C17H17NS2. The van der Waals surface area contributed by atoms with Crippen molar-refractivity contribution in [1.29, 1.82) is 0 Å². The molecule has 1 nitrogen and oxygen atoms in total. The highest BCUT2D eigenvalue weighted by atomic mass is 32.2. The molecule has 0 radical (unpaired) electrons. The summed E-state index contributed by atoms with van der Waals surface area (Å²) in [6.07, 6.45) is 2.11. The summed E-state index contributed by atoms with van der Waals surface area (Å²) in [4.78, 5) is 2.67. The largest absolute Gasteiger partial charge is 0.378 e. The van der Waals surface area contributed by atoms with Crippen molar-refractivity contribution in [2.24, 2.45) is 0 Å². The minimum Gasteiger partial charge on any atom is -0.378 e. The van der Waals surface area contributed by atoms with E-state index < -0.39 is 0 Å². The van der Waals surface area contributed by atoms with E-state index in [1.165, 1.54) is 25.5 Å². The van der Waals surface area contributed by atoms with E-state index in [2.05, 4.69) is 73.1 Å². The SMILES string of the molecule is CSc1cccc(NC(C)c2cc3ccccc3s2)c1. The van der Waals surface area contributed by atoms with E-state index in [-0.39, 0.29) is 0 Å². The van der Waals surface area contributed by atoms with Crippen molar-refractivity contribution in [3.05, 3.63) is 59.5 Å². The molecule has 1 unspecified atom stereocenters. The molecule has 1 atom stereocenters. The van der Waals surface area contributed by atoms with Crippen LogP contribution in [0.2, 0.25) is 0 Å². The summed E-state index contributed by atoms with van der Waals surface area (Å²) in [5.74, 6) is 0. The van der Waals surface area contributed by atoms with Gasteiger partial charge in [0.25, 0.3) is 0 Å². The Labute approximate surface area is 128 Å². The lowest BCUT2D eigenvalue weighted by molar-refractivity contribution is 0.908. The zero-order valence-electron chi connectivity index (χ0n) is 11.6. The first kappa shape index (κ1) is 13.5. The molecule has 3 aromatic rings. The second-order valence-corrected chi connectivity index (χ2v) is 6.78. The molecule has 0 amide bonds. The van der Waals surface area contributed by atoms with Gasteiger partial charge in [0.05, 0.1) is 6.04 Å². The number of thioether (sulfide) groups is 1. The smallest absolute Gasteiger partial charge is 0.0578 e. The summed E-state index contributed by atoms with van der Waals surface area (Å²) >= 11 is 3.64. The minimum atomic E-state index is 0.324. The number of hydrogen-bond acceptors (Lipinski definition) is 3. The highest BCUT2D eigenvalue weighted by molar-refractivity contribution is 7.98. The Morgan fingerprint density at radius 3 is 2.70 bits per heavy atom. The molecule has 0 bridgehead atoms. The average Bonchev–Trinajstić information content (AvgIpc) is 2.91. The third-order valence-electron chi connectivity index (χ3n) is 3.32. The Balaban J connectivity index is 1.82. The number of anilines is 1. The van der Waals surface area contributed by atoms with Crippen molar-refractivity contribution in [2.45, 2.75) is 17.9 Å². The van der Waals surface area contributed by atoms with Gasteiger partial charge in [-0.1, -0.05) is 24.3 Å². The van der Waals surface area contributed by atoms with Crippen LogP contribution in [0.4, 0.5) is 5.69 Å². The van der Waals surface area contributed by atoms with Crippen molar-refractivity contribution in [3.8, 4) is 0 Å². The molecule has 102 valence electrons. The summed E-state index contributed by atoms with van der Waals surface area (Å²) in [5, 5.41) is 4.92. The molecule has 3 heteroatoms. The number of nitrogens with one attached hydrogen (secondary N) is 1. The van der Waals surface area contributed by atoms with Crippen LogP contribution in [0, 0.1) is 0 Å². The predicted octanol–water partition coefficient (Wildman–Crippen LogP) is 5.80. The number of fused-ring (bicyclic) bond motifs is 1. The Bertz CT molecular complexity index is 685. The van der Waals surface area contributed by atoms with Crippen molar-refractivity contribution >= 4 is 38.9 Å². The summed E-state index contributed by atoms with van der Waals surface area (Å²) < 4.78 is 1.36. The van der Waals surface area contributed by atoms with Gasteiger partial charge in [-0.15, -0.1) is 23.1 Å². The van der Waals surface area contributed by atoms with Gasteiger partial charge < -0.3 is 5.32 Å². The van der Waals surface area contributed by atoms with Gasteiger partial charge in [0.15, 0.2) is 0 Å². The molecule has 0 spiro atoms. The van der Waals surface area contributed by atoms with Crippen molar-refractivity contribution < 1.29 is 0 Å². The summed E-state index contributed by atoms with van der Waals surface area (Å²) in [6.45, 7) is 2.22. The number of thiophene rings is 1. The lowest BCUT2D eigenvalue weighted by Crippen LogP contribution is -2.04. The van der Waals surface area contributed by atoms with Crippen LogP contribution in [-0.2, 0) is 0 Å². The molecule has 3 rings (SSSR count). The normalized spacial score (nSPS) is 12.5. The van der Waals surface area contributed by atoms with Crippen LogP contribution >= 0.6 is 23.1 Å². The molecule has 1 heterocycles. The third-order valence-corrected chi connectivity index (χ3v) is 5.35. The number of hydrogen-bond donors (Lipinski definition) is 1. The van der Waals surface area contributed by atoms with E-state index >= 15 is 0 Å². The van der Waals surface area contributed by atoms with Gasteiger partial charge in [0.2, 0.25) is 0 Å². The Morgan fingerprint density at radius 2 is 1.90 bits per heavy atom. The molecule has 0 aliphatic heterocycles. The Morgan fingerprint density at radius 1 is 1.05 bits per heavy atom. The minimum absolute atomic E-state index is 0.324. The van der Waals surface area contributed by atoms with Crippen molar-refractivity contribution in [1.82, 2.24) is 0 Å². The maximum atomic E-state index is 3.59. The van der Waals surface area contributed by atoms with Crippen LogP contribution in [0.3, 0.4) is 0 Å². The molecular weight excluding hydrogens is 282 g/mol. The van der Waals surface area contributed by atoms with E-state index in [1.54, 1.807) is 11.8 Å². The highest BCUT2D eigenvalue weighted by Crippen LogP contribution is 2.31. The van der Waals surface area contributed by atoms with E-state index in [1.807, 2.05) is 11.3 Å². The first-order valence-electron chi connectivity index (χ1n) is 6.65. The maximum absolute atomic E-state index is 3.59. The third kappa shape index (κ3) is 2.84. The Kier molecular flexibility index (Phi) is 3.99. The van der Waals surface area contributed by atoms with Crippen molar-refractivity contribution in [2.75, 3.05) is 11.6 Å². The van der Waals surface area contributed by atoms with E-state index in [0.717, 1.165) is 0 Å². The van der Waals surface area contributed by atoms with Crippen LogP contribution in [0.15, 0.2) is 59.5 Å². The van der Waals surface area contributed by atoms with Crippen LogP contribution in [0.5, 0.6) is 0 Å². The second-order valence-electron chi connectivity index (χ2n) is 4.78. The molecule has 2 aromatic carbocycles. The first-order valence-corrected chi connectivity index (χ1v) is 8.69. The second kappa shape index (κ2) is 5.90. The molecule has 1 N–H and O–H groups in total. The van der Waals surface area contributed by atoms with Gasteiger partial charge in [-0.05, 0) is 48.9 Å². The van der Waals surface area contributed by atoms with Gasteiger partial charge >= 0.3 is 0 Å². The lowest BCUT2D eigenvalue weighted by Gasteiger charge is -2.14.